The topological polar surface area (TPSA) is 29.3 Å². The number of rotatable bonds is 4. The fraction of sp³-hybridized carbons (Fsp3) is 0.917. The van der Waals surface area contributed by atoms with E-state index in [1.807, 2.05) is 11.8 Å². The summed E-state index contributed by atoms with van der Waals surface area (Å²) in [5, 5.41) is 0. The van der Waals surface area contributed by atoms with Crippen molar-refractivity contribution in [2.75, 3.05) is 13.1 Å². The van der Waals surface area contributed by atoms with Crippen molar-refractivity contribution in [1.82, 2.24) is 4.90 Å². The van der Waals surface area contributed by atoms with Crippen molar-refractivity contribution in [3.63, 3.8) is 0 Å². The zero-order valence-corrected chi connectivity index (χ0v) is 11.5. The van der Waals surface area contributed by atoms with Crippen molar-refractivity contribution < 1.29 is 13.2 Å². The van der Waals surface area contributed by atoms with Crippen LogP contribution in [-0.4, -0.2) is 35.2 Å². The predicted octanol–water partition coefficient (Wildman–Crippen LogP) is 3.11. The van der Waals surface area contributed by atoms with Crippen molar-refractivity contribution in [3.05, 3.63) is 0 Å². The predicted molar refractivity (Wildman–Crippen MR) is 70.5 cm³/mol. The Hall–Kier alpha value is -0.360. The molecule has 18 heavy (non-hydrogen) atoms. The molecule has 2 atom stereocenters. The van der Waals surface area contributed by atoms with Crippen LogP contribution < -0.4 is 5.73 Å². The van der Waals surface area contributed by atoms with Crippen molar-refractivity contribution in [3.8, 4) is 0 Å². The lowest BCUT2D eigenvalue weighted by molar-refractivity contribution is -0.160. The Labute approximate surface area is 112 Å². The van der Waals surface area contributed by atoms with Gasteiger partial charge in [-0.1, -0.05) is 32.0 Å². The molecule has 106 valence electrons. The molecule has 2 unspecified atom stereocenters. The number of thiocarbonyl (C=S) groups is 1. The van der Waals surface area contributed by atoms with Crippen LogP contribution in [0.25, 0.3) is 0 Å². The van der Waals surface area contributed by atoms with Crippen LogP contribution in [0.1, 0.15) is 39.0 Å². The molecule has 1 fully saturated rings. The Morgan fingerprint density at radius 1 is 1.39 bits per heavy atom. The third-order valence-electron chi connectivity index (χ3n) is 3.63. The molecule has 0 aromatic rings. The highest BCUT2D eigenvalue weighted by atomic mass is 32.1. The van der Waals surface area contributed by atoms with Gasteiger partial charge in [-0.25, -0.2) is 0 Å². The Morgan fingerprint density at radius 3 is 2.56 bits per heavy atom. The zero-order chi connectivity index (χ0) is 13.8. The first-order chi connectivity index (χ1) is 8.36. The molecular weight excluding hydrogens is 261 g/mol. The van der Waals surface area contributed by atoms with E-state index >= 15 is 0 Å². The molecule has 0 radical (unpaired) electrons. The highest BCUT2D eigenvalue weighted by molar-refractivity contribution is 7.80. The molecule has 0 aromatic carbocycles. The normalized spacial score (nSPS) is 24.6. The maximum absolute atomic E-state index is 12.9. The lowest BCUT2D eigenvalue weighted by Gasteiger charge is -2.33. The summed E-state index contributed by atoms with van der Waals surface area (Å²) in [4.78, 5) is 1.48. The first-order valence-electron chi connectivity index (χ1n) is 6.46. The van der Waals surface area contributed by atoms with Gasteiger partial charge in [0.05, 0.1) is 4.99 Å². The van der Waals surface area contributed by atoms with Crippen LogP contribution in [0.2, 0.25) is 0 Å². The highest BCUT2D eigenvalue weighted by Gasteiger charge is 2.43. The van der Waals surface area contributed by atoms with Gasteiger partial charge in [-0.15, -0.1) is 0 Å². The minimum atomic E-state index is -4.34. The van der Waals surface area contributed by atoms with Gasteiger partial charge in [0.2, 0.25) is 0 Å². The number of nitrogens with two attached hydrogens (primary N) is 1. The quantitative estimate of drug-likeness (QED) is 0.803. The van der Waals surface area contributed by atoms with Crippen LogP contribution in [0, 0.1) is 5.92 Å². The molecule has 1 rings (SSSR count). The molecule has 0 bridgehead atoms. The third-order valence-corrected chi connectivity index (χ3v) is 3.91. The van der Waals surface area contributed by atoms with E-state index in [9.17, 15) is 13.2 Å². The number of alkyl halides is 3. The molecule has 0 aliphatic carbocycles. The fourth-order valence-corrected chi connectivity index (χ4v) is 2.74. The molecule has 6 heteroatoms. The van der Waals surface area contributed by atoms with E-state index in [4.69, 9.17) is 5.73 Å². The second-order valence-electron chi connectivity index (χ2n) is 4.90. The van der Waals surface area contributed by atoms with Gasteiger partial charge in [-0.3, -0.25) is 4.90 Å². The van der Waals surface area contributed by atoms with E-state index in [0.29, 0.717) is 6.54 Å². The molecule has 0 amide bonds. The average molecular weight is 282 g/mol. The molecule has 0 aromatic heterocycles. The first kappa shape index (κ1) is 15.7. The summed E-state index contributed by atoms with van der Waals surface area (Å²) < 4.78 is 38.6. The van der Waals surface area contributed by atoms with Gasteiger partial charge < -0.3 is 5.73 Å². The second-order valence-corrected chi connectivity index (χ2v) is 5.37. The summed E-state index contributed by atoms with van der Waals surface area (Å²) in [6.07, 6.45) is 0.657. The first-order valence-corrected chi connectivity index (χ1v) is 6.87. The third kappa shape index (κ3) is 4.39. The van der Waals surface area contributed by atoms with E-state index in [2.05, 4.69) is 12.2 Å². The van der Waals surface area contributed by atoms with Crippen LogP contribution in [0.5, 0.6) is 0 Å². The monoisotopic (exact) mass is 282 g/mol. The van der Waals surface area contributed by atoms with Crippen LogP contribution in [0.4, 0.5) is 13.2 Å². The summed E-state index contributed by atoms with van der Waals surface area (Å²) >= 11 is 4.57. The standard InChI is InChI=1S/C12H21F3N2S/c1-2-9-6-4-3-5-7-17(9)8-10(11(16)18)12(13,14)15/h9-10H,2-8H2,1H3,(H2,16,18). The van der Waals surface area contributed by atoms with Gasteiger partial charge in [0.15, 0.2) is 0 Å². The van der Waals surface area contributed by atoms with Gasteiger partial charge in [-0.05, 0) is 25.8 Å². The average Bonchev–Trinajstić information content (AvgIpc) is 2.48. The number of nitrogens with zero attached hydrogens (tertiary/aromatic N) is 1. The maximum Gasteiger partial charge on any atom is 0.399 e. The smallest absolute Gasteiger partial charge is 0.393 e. The maximum atomic E-state index is 12.9. The fourth-order valence-electron chi connectivity index (χ4n) is 2.53. The Morgan fingerprint density at radius 2 is 2.06 bits per heavy atom. The van der Waals surface area contributed by atoms with Gasteiger partial charge >= 0.3 is 6.18 Å². The molecule has 0 saturated carbocycles. The van der Waals surface area contributed by atoms with Crippen molar-refractivity contribution in [2.45, 2.75) is 51.2 Å². The largest absolute Gasteiger partial charge is 0.399 e. The lowest BCUT2D eigenvalue weighted by atomic mass is 10.0. The van der Waals surface area contributed by atoms with Crippen LogP contribution in [0.15, 0.2) is 0 Å². The molecule has 1 saturated heterocycles. The van der Waals surface area contributed by atoms with Crippen molar-refractivity contribution in [2.24, 2.45) is 11.7 Å². The summed E-state index contributed by atoms with van der Waals surface area (Å²) in [7, 11) is 0. The lowest BCUT2D eigenvalue weighted by Crippen LogP contribution is -2.46. The minimum Gasteiger partial charge on any atom is -0.393 e. The minimum absolute atomic E-state index is 0.0860. The second kappa shape index (κ2) is 6.70. The van der Waals surface area contributed by atoms with E-state index < -0.39 is 17.1 Å². The molecule has 0 spiro atoms. The zero-order valence-electron chi connectivity index (χ0n) is 10.7. The van der Waals surface area contributed by atoms with E-state index in [1.54, 1.807) is 0 Å². The molecular formula is C12H21F3N2S. The van der Waals surface area contributed by atoms with Gasteiger partial charge in [-0.2, -0.15) is 13.2 Å². The van der Waals surface area contributed by atoms with Crippen molar-refractivity contribution >= 4 is 17.2 Å². The Kier molecular flexibility index (Phi) is 5.85. The number of likely N-dealkylation sites (tertiary alicyclic amines) is 1. The van der Waals surface area contributed by atoms with Gasteiger partial charge in [0.25, 0.3) is 0 Å². The number of hydrogen-bond donors (Lipinski definition) is 1. The summed E-state index contributed by atoms with van der Waals surface area (Å²) in [5.41, 5.74) is 5.25. The highest BCUT2D eigenvalue weighted by Crippen LogP contribution is 2.29. The Bertz CT molecular complexity index is 281. The van der Waals surface area contributed by atoms with Crippen LogP contribution >= 0.6 is 12.2 Å². The van der Waals surface area contributed by atoms with Crippen LogP contribution in [-0.2, 0) is 0 Å². The van der Waals surface area contributed by atoms with E-state index in [0.717, 1.165) is 32.1 Å². The summed E-state index contributed by atoms with van der Waals surface area (Å²) in [6.45, 7) is 2.65. The van der Waals surface area contributed by atoms with E-state index in [1.165, 1.54) is 0 Å². The number of halogens is 3. The molecule has 2 nitrogen and oxygen atoms in total. The van der Waals surface area contributed by atoms with Crippen molar-refractivity contribution in [1.29, 1.82) is 0 Å². The van der Waals surface area contributed by atoms with E-state index in [-0.39, 0.29) is 12.6 Å². The molecule has 1 heterocycles. The molecule has 1 aliphatic rings. The Balaban J connectivity index is 2.74. The van der Waals surface area contributed by atoms with Gasteiger partial charge in [0, 0.05) is 12.6 Å². The molecule has 1 aliphatic heterocycles. The SMILES string of the molecule is CCC1CCCCCN1CC(C(N)=S)C(F)(F)F. The number of hydrogen-bond acceptors (Lipinski definition) is 2. The summed E-state index contributed by atoms with van der Waals surface area (Å²) in [6, 6.07) is 0.228. The molecule has 2 N–H and O–H groups in total. The van der Waals surface area contributed by atoms with Gasteiger partial charge in [0.1, 0.15) is 5.92 Å². The van der Waals surface area contributed by atoms with Crippen LogP contribution in [0.3, 0.4) is 0 Å². The summed E-state index contributed by atoms with van der Waals surface area (Å²) in [5.74, 6) is -1.68.